The summed E-state index contributed by atoms with van der Waals surface area (Å²) >= 11 is 3.28. The van der Waals surface area contributed by atoms with Crippen molar-refractivity contribution in [1.82, 2.24) is 4.98 Å². The van der Waals surface area contributed by atoms with E-state index in [1.165, 1.54) is 6.07 Å². The van der Waals surface area contributed by atoms with Crippen LogP contribution in [-0.4, -0.2) is 10.9 Å². The van der Waals surface area contributed by atoms with Crippen molar-refractivity contribution in [3.63, 3.8) is 0 Å². The Morgan fingerprint density at radius 3 is 2.78 bits per heavy atom. The number of rotatable bonds is 2. The SMILES string of the molecule is Cc1ccc(C(=O)Nc2cc(Br)ccn2)cc1F. The highest BCUT2D eigenvalue weighted by Gasteiger charge is 2.09. The number of nitrogens with one attached hydrogen (secondary N) is 1. The molecule has 2 rings (SSSR count). The third-order valence-corrected chi connectivity index (χ3v) is 2.89. The van der Waals surface area contributed by atoms with Crippen molar-refractivity contribution >= 4 is 27.7 Å². The van der Waals surface area contributed by atoms with E-state index in [1.54, 1.807) is 37.4 Å². The molecular weight excluding hydrogens is 299 g/mol. The zero-order valence-corrected chi connectivity index (χ0v) is 11.2. The molecule has 3 nitrogen and oxygen atoms in total. The molecule has 92 valence electrons. The summed E-state index contributed by atoms with van der Waals surface area (Å²) in [5, 5.41) is 2.60. The van der Waals surface area contributed by atoms with Crippen molar-refractivity contribution in [3.05, 3.63) is 57.9 Å². The second kappa shape index (κ2) is 5.27. The van der Waals surface area contributed by atoms with Gasteiger partial charge in [-0.1, -0.05) is 22.0 Å². The molecule has 18 heavy (non-hydrogen) atoms. The van der Waals surface area contributed by atoms with E-state index >= 15 is 0 Å². The highest BCUT2D eigenvalue weighted by Crippen LogP contribution is 2.15. The van der Waals surface area contributed by atoms with Gasteiger partial charge in [-0.2, -0.15) is 0 Å². The predicted molar refractivity (Wildman–Crippen MR) is 71.0 cm³/mol. The average molecular weight is 309 g/mol. The summed E-state index contributed by atoms with van der Waals surface area (Å²) in [6.45, 7) is 1.65. The lowest BCUT2D eigenvalue weighted by Crippen LogP contribution is -2.13. The van der Waals surface area contributed by atoms with Crippen LogP contribution in [0.25, 0.3) is 0 Å². The van der Waals surface area contributed by atoms with Crippen molar-refractivity contribution in [2.45, 2.75) is 6.92 Å². The number of halogens is 2. The summed E-state index contributed by atoms with van der Waals surface area (Å²) in [5.41, 5.74) is 0.770. The summed E-state index contributed by atoms with van der Waals surface area (Å²) in [6.07, 6.45) is 1.56. The molecule has 5 heteroatoms. The molecule has 0 radical (unpaired) electrons. The summed E-state index contributed by atoms with van der Waals surface area (Å²) < 4.78 is 14.1. The molecule has 1 heterocycles. The fourth-order valence-electron chi connectivity index (χ4n) is 1.40. The molecule has 0 spiro atoms. The van der Waals surface area contributed by atoms with E-state index < -0.39 is 5.82 Å². The van der Waals surface area contributed by atoms with Crippen LogP contribution in [0.3, 0.4) is 0 Å². The summed E-state index contributed by atoms with van der Waals surface area (Å²) in [5.74, 6) is -0.375. The molecule has 1 aromatic heterocycles. The number of carbonyl (C=O) groups excluding carboxylic acids is 1. The van der Waals surface area contributed by atoms with Crippen LogP contribution >= 0.6 is 15.9 Å². The van der Waals surface area contributed by atoms with Gasteiger partial charge in [0.05, 0.1) is 0 Å². The Morgan fingerprint density at radius 2 is 2.11 bits per heavy atom. The minimum absolute atomic E-state index is 0.264. The van der Waals surface area contributed by atoms with Gasteiger partial charge in [-0.3, -0.25) is 4.79 Å². The lowest BCUT2D eigenvalue weighted by Gasteiger charge is -2.05. The van der Waals surface area contributed by atoms with Gasteiger partial charge in [0.1, 0.15) is 11.6 Å². The molecule has 0 aliphatic heterocycles. The van der Waals surface area contributed by atoms with Crippen molar-refractivity contribution in [1.29, 1.82) is 0 Å². The Balaban J connectivity index is 2.19. The monoisotopic (exact) mass is 308 g/mol. The van der Waals surface area contributed by atoms with Gasteiger partial charge in [0, 0.05) is 16.2 Å². The molecule has 0 fully saturated rings. The molecule has 0 saturated heterocycles. The van der Waals surface area contributed by atoms with E-state index in [2.05, 4.69) is 26.2 Å². The van der Waals surface area contributed by atoms with Gasteiger partial charge >= 0.3 is 0 Å². The first-order valence-electron chi connectivity index (χ1n) is 5.25. The van der Waals surface area contributed by atoms with E-state index in [0.717, 1.165) is 4.47 Å². The van der Waals surface area contributed by atoms with Crippen LogP contribution in [0.15, 0.2) is 41.0 Å². The molecule has 1 amide bonds. The largest absolute Gasteiger partial charge is 0.307 e. The van der Waals surface area contributed by atoms with Crippen molar-refractivity contribution in [2.75, 3.05) is 5.32 Å². The number of anilines is 1. The molecule has 2 aromatic rings. The molecule has 0 atom stereocenters. The van der Waals surface area contributed by atoms with Crippen molar-refractivity contribution in [3.8, 4) is 0 Å². The Morgan fingerprint density at radius 1 is 1.33 bits per heavy atom. The minimum atomic E-state index is -0.398. The normalized spacial score (nSPS) is 10.2. The quantitative estimate of drug-likeness (QED) is 0.922. The number of amides is 1. The van der Waals surface area contributed by atoms with Gasteiger partial charge in [0.25, 0.3) is 5.91 Å². The van der Waals surface area contributed by atoms with E-state index in [9.17, 15) is 9.18 Å². The van der Waals surface area contributed by atoms with Gasteiger partial charge in [0.2, 0.25) is 0 Å². The minimum Gasteiger partial charge on any atom is -0.307 e. The number of nitrogens with zero attached hydrogens (tertiary/aromatic N) is 1. The zero-order valence-electron chi connectivity index (χ0n) is 9.58. The molecule has 1 aromatic carbocycles. The van der Waals surface area contributed by atoms with E-state index in [-0.39, 0.29) is 11.5 Å². The molecule has 0 unspecified atom stereocenters. The van der Waals surface area contributed by atoms with Crippen LogP contribution in [-0.2, 0) is 0 Å². The average Bonchev–Trinajstić information content (AvgIpc) is 2.32. The highest BCUT2D eigenvalue weighted by atomic mass is 79.9. The summed E-state index contributed by atoms with van der Waals surface area (Å²) in [7, 11) is 0. The number of carbonyl (C=O) groups is 1. The van der Waals surface area contributed by atoms with Gasteiger partial charge in [-0.25, -0.2) is 9.37 Å². The fraction of sp³-hybridized carbons (Fsp3) is 0.0769. The second-order valence-corrected chi connectivity index (χ2v) is 4.69. The fourth-order valence-corrected chi connectivity index (χ4v) is 1.73. The topological polar surface area (TPSA) is 42.0 Å². The maximum absolute atomic E-state index is 13.3. The first-order valence-corrected chi connectivity index (χ1v) is 6.04. The van der Waals surface area contributed by atoms with Gasteiger partial charge < -0.3 is 5.32 Å². The third kappa shape index (κ3) is 2.92. The Hall–Kier alpha value is -1.75. The maximum Gasteiger partial charge on any atom is 0.256 e. The van der Waals surface area contributed by atoms with Crippen LogP contribution in [0, 0.1) is 12.7 Å². The molecule has 1 N–H and O–H groups in total. The third-order valence-electron chi connectivity index (χ3n) is 2.40. The number of hydrogen-bond donors (Lipinski definition) is 1. The molecule has 0 aliphatic rings. The Labute approximate surface area is 112 Å². The first-order chi connectivity index (χ1) is 8.56. The molecular formula is C13H10BrFN2O. The van der Waals surface area contributed by atoms with E-state index in [4.69, 9.17) is 0 Å². The number of benzene rings is 1. The van der Waals surface area contributed by atoms with Gasteiger partial charge in [-0.15, -0.1) is 0 Å². The number of hydrogen-bond acceptors (Lipinski definition) is 2. The predicted octanol–water partition coefficient (Wildman–Crippen LogP) is 3.54. The lowest BCUT2D eigenvalue weighted by molar-refractivity contribution is 0.102. The van der Waals surface area contributed by atoms with E-state index in [1.807, 2.05) is 0 Å². The zero-order chi connectivity index (χ0) is 13.1. The van der Waals surface area contributed by atoms with Crippen LogP contribution in [0.2, 0.25) is 0 Å². The highest BCUT2D eigenvalue weighted by molar-refractivity contribution is 9.10. The van der Waals surface area contributed by atoms with Crippen LogP contribution < -0.4 is 5.32 Å². The number of pyridine rings is 1. The van der Waals surface area contributed by atoms with Crippen molar-refractivity contribution in [2.24, 2.45) is 0 Å². The van der Waals surface area contributed by atoms with Crippen LogP contribution in [0.5, 0.6) is 0 Å². The van der Waals surface area contributed by atoms with Crippen molar-refractivity contribution < 1.29 is 9.18 Å². The number of aromatic nitrogens is 1. The molecule has 0 bridgehead atoms. The standard InChI is InChI=1S/C13H10BrFN2O/c1-8-2-3-9(6-11(8)15)13(18)17-12-7-10(14)4-5-16-12/h2-7H,1H3,(H,16,17,18). The van der Waals surface area contributed by atoms with Crippen LogP contribution in [0.4, 0.5) is 10.2 Å². The number of aryl methyl sites for hydroxylation is 1. The van der Waals surface area contributed by atoms with Gasteiger partial charge in [0.15, 0.2) is 0 Å². The van der Waals surface area contributed by atoms with E-state index in [0.29, 0.717) is 11.4 Å². The Bertz CT molecular complexity index is 601. The van der Waals surface area contributed by atoms with Gasteiger partial charge in [-0.05, 0) is 36.8 Å². The summed E-state index contributed by atoms with van der Waals surface area (Å²) in [6, 6.07) is 7.77. The lowest BCUT2D eigenvalue weighted by atomic mass is 10.1. The summed E-state index contributed by atoms with van der Waals surface area (Å²) in [4.78, 5) is 15.8. The second-order valence-electron chi connectivity index (χ2n) is 3.78. The maximum atomic E-state index is 13.3. The smallest absolute Gasteiger partial charge is 0.256 e. The first kappa shape index (κ1) is 12.7. The Kier molecular flexibility index (Phi) is 3.72. The molecule has 0 saturated carbocycles. The molecule has 0 aliphatic carbocycles. The van der Waals surface area contributed by atoms with Crippen LogP contribution in [0.1, 0.15) is 15.9 Å².